The van der Waals surface area contributed by atoms with Gasteiger partial charge in [-0.1, -0.05) is 33.4 Å². The molecule has 0 bridgehead atoms. The number of carbonyl (C=O) groups is 2. The van der Waals surface area contributed by atoms with Crippen LogP contribution in [0.5, 0.6) is 0 Å². The highest BCUT2D eigenvalue weighted by molar-refractivity contribution is 5.85. The number of rotatable bonds is 7. The van der Waals surface area contributed by atoms with Crippen LogP contribution in [0, 0.1) is 0 Å². The molecule has 0 aromatic carbocycles. The first-order valence-electron chi connectivity index (χ1n) is 5.77. The van der Waals surface area contributed by atoms with Crippen molar-refractivity contribution in [3.8, 4) is 0 Å². The Bertz CT molecular complexity index is 283. The standard InChI is InChI=1S/C8H14O3.C5H8O2/c1-3-5-7(9)6-11-8(10)4-2;1-3-4(2)5(6)7/h4,7,9H,2-3,5-6H2,1H3;2-3H2,1H3,(H,6,7). The molecular weight excluding hydrogens is 236 g/mol. The van der Waals surface area contributed by atoms with Crippen LogP contribution in [0.1, 0.15) is 33.1 Å². The van der Waals surface area contributed by atoms with Crippen LogP contribution < -0.4 is 0 Å². The van der Waals surface area contributed by atoms with E-state index in [0.717, 1.165) is 12.5 Å². The van der Waals surface area contributed by atoms with Gasteiger partial charge in [0.2, 0.25) is 0 Å². The minimum Gasteiger partial charge on any atom is -0.478 e. The summed E-state index contributed by atoms with van der Waals surface area (Å²) in [4.78, 5) is 20.3. The molecule has 1 atom stereocenters. The lowest BCUT2D eigenvalue weighted by molar-refractivity contribution is -0.140. The SMILES string of the molecule is C=C(CC)C(=O)O.C=CC(=O)OCC(O)CCC. The van der Waals surface area contributed by atoms with E-state index < -0.39 is 18.0 Å². The third-order valence-electron chi connectivity index (χ3n) is 1.94. The molecular formula is C13H22O5. The Morgan fingerprint density at radius 2 is 1.94 bits per heavy atom. The van der Waals surface area contributed by atoms with Crippen LogP contribution >= 0.6 is 0 Å². The van der Waals surface area contributed by atoms with Crippen molar-refractivity contribution in [1.29, 1.82) is 0 Å². The van der Waals surface area contributed by atoms with E-state index in [2.05, 4.69) is 17.9 Å². The molecule has 104 valence electrons. The van der Waals surface area contributed by atoms with Crippen LogP contribution in [0.25, 0.3) is 0 Å². The monoisotopic (exact) mass is 258 g/mol. The number of carboxylic acid groups (broad SMARTS) is 1. The second kappa shape index (κ2) is 11.9. The van der Waals surface area contributed by atoms with Crippen molar-refractivity contribution in [2.24, 2.45) is 0 Å². The second-order valence-corrected chi connectivity index (χ2v) is 3.54. The number of ether oxygens (including phenoxy) is 1. The molecule has 1 unspecified atom stereocenters. The zero-order valence-corrected chi connectivity index (χ0v) is 11.0. The van der Waals surface area contributed by atoms with Crippen molar-refractivity contribution in [3.05, 3.63) is 24.8 Å². The summed E-state index contributed by atoms with van der Waals surface area (Å²) in [6.07, 6.45) is 2.61. The summed E-state index contributed by atoms with van der Waals surface area (Å²) in [7, 11) is 0. The lowest BCUT2D eigenvalue weighted by Gasteiger charge is -2.07. The number of hydrogen-bond acceptors (Lipinski definition) is 4. The third-order valence-corrected chi connectivity index (χ3v) is 1.94. The maximum absolute atomic E-state index is 10.5. The zero-order chi connectivity index (χ0) is 14.6. The Balaban J connectivity index is 0. The maximum Gasteiger partial charge on any atom is 0.330 e. The molecule has 0 aliphatic heterocycles. The van der Waals surface area contributed by atoms with Crippen molar-refractivity contribution in [2.75, 3.05) is 6.61 Å². The molecule has 0 aliphatic rings. The fraction of sp³-hybridized carbons (Fsp3) is 0.538. The number of esters is 1. The first-order valence-corrected chi connectivity index (χ1v) is 5.77. The van der Waals surface area contributed by atoms with Gasteiger partial charge >= 0.3 is 11.9 Å². The summed E-state index contributed by atoms with van der Waals surface area (Å²) in [5, 5.41) is 17.2. The number of hydrogen-bond donors (Lipinski definition) is 2. The molecule has 5 nitrogen and oxygen atoms in total. The van der Waals surface area contributed by atoms with Crippen LogP contribution in [-0.4, -0.2) is 34.9 Å². The van der Waals surface area contributed by atoms with Gasteiger partial charge in [-0.05, 0) is 12.8 Å². The van der Waals surface area contributed by atoms with E-state index in [1.165, 1.54) is 0 Å². The first-order chi connectivity index (χ1) is 8.38. The summed E-state index contributed by atoms with van der Waals surface area (Å²) >= 11 is 0. The van der Waals surface area contributed by atoms with Gasteiger partial charge in [-0.3, -0.25) is 0 Å². The van der Waals surface area contributed by atoms with Crippen molar-refractivity contribution >= 4 is 11.9 Å². The molecule has 0 aliphatic carbocycles. The average molecular weight is 258 g/mol. The van der Waals surface area contributed by atoms with Crippen LogP contribution in [0.15, 0.2) is 24.8 Å². The Kier molecular flexibility index (Phi) is 12.3. The number of aliphatic carboxylic acids is 1. The summed E-state index contributed by atoms with van der Waals surface area (Å²) in [5.74, 6) is -1.39. The van der Waals surface area contributed by atoms with E-state index in [1.807, 2.05) is 6.92 Å². The van der Waals surface area contributed by atoms with Crippen LogP contribution in [-0.2, 0) is 14.3 Å². The third kappa shape index (κ3) is 12.4. The minimum absolute atomic E-state index is 0.0681. The molecule has 5 heteroatoms. The van der Waals surface area contributed by atoms with Gasteiger partial charge in [0.15, 0.2) is 0 Å². The smallest absolute Gasteiger partial charge is 0.330 e. The summed E-state index contributed by atoms with van der Waals surface area (Å²) < 4.78 is 4.60. The molecule has 0 aromatic rings. The molecule has 0 radical (unpaired) electrons. The minimum atomic E-state index is -0.900. The molecule has 0 amide bonds. The van der Waals surface area contributed by atoms with E-state index in [4.69, 9.17) is 10.2 Å². The van der Waals surface area contributed by atoms with Crippen molar-refractivity contribution in [3.63, 3.8) is 0 Å². The van der Waals surface area contributed by atoms with Crippen molar-refractivity contribution < 1.29 is 24.5 Å². The summed E-state index contributed by atoms with van der Waals surface area (Å²) in [6, 6.07) is 0. The quantitative estimate of drug-likeness (QED) is 0.538. The molecule has 2 N–H and O–H groups in total. The predicted octanol–water partition coefficient (Wildman–Crippen LogP) is 1.91. The van der Waals surface area contributed by atoms with Crippen LogP contribution in [0.4, 0.5) is 0 Å². The number of carboxylic acids is 1. The van der Waals surface area contributed by atoms with Gasteiger partial charge in [-0.25, -0.2) is 9.59 Å². The first kappa shape index (κ1) is 18.7. The predicted molar refractivity (Wildman–Crippen MR) is 69.1 cm³/mol. The molecule has 0 saturated carbocycles. The van der Waals surface area contributed by atoms with Gasteiger partial charge in [0.25, 0.3) is 0 Å². The topological polar surface area (TPSA) is 83.8 Å². The van der Waals surface area contributed by atoms with E-state index in [9.17, 15) is 9.59 Å². The molecule has 0 saturated heterocycles. The number of carbonyl (C=O) groups excluding carboxylic acids is 1. The lowest BCUT2D eigenvalue weighted by atomic mass is 10.2. The summed E-state index contributed by atoms with van der Waals surface area (Å²) in [6.45, 7) is 10.3. The molecule has 0 heterocycles. The van der Waals surface area contributed by atoms with Gasteiger partial charge in [0, 0.05) is 11.6 Å². The van der Waals surface area contributed by atoms with E-state index in [1.54, 1.807) is 6.92 Å². The second-order valence-electron chi connectivity index (χ2n) is 3.54. The van der Waals surface area contributed by atoms with Crippen molar-refractivity contribution in [1.82, 2.24) is 0 Å². The molecule has 18 heavy (non-hydrogen) atoms. The van der Waals surface area contributed by atoms with Gasteiger partial charge in [0.1, 0.15) is 6.61 Å². The zero-order valence-electron chi connectivity index (χ0n) is 11.0. The maximum atomic E-state index is 10.5. The average Bonchev–Trinajstić information content (AvgIpc) is 2.35. The summed E-state index contributed by atoms with van der Waals surface area (Å²) in [5.41, 5.74) is 0.264. The molecule has 0 fully saturated rings. The fourth-order valence-electron chi connectivity index (χ4n) is 0.805. The Morgan fingerprint density at radius 1 is 1.39 bits per heavy atom. The number of aliphatic hydroxyl groups is 1. The van der Waals surface area contributed by atoms with Gasteiger partial charge < -0.3 is 14.9 Å². The number of aliphatic hydroxyl groups excluding tert-OH is 1. The highest BCUT2D eigenvalue weighted by atomic mass is 16.5. The van der Waals surface area contributed by atoms with Gasteiger partial charge in [0.05, 0.1) is 6.10 Å². The Hall–Kier alpha value is -1.62. The van der Waals surface area contributed by atoms with Crippen molar-refractivity contribution in [2.45, 2.75) is 39.2 Å². The highest BCUT2D eigenvalue weighted by Crippen LogP contribution is 1.96. The molecule has 0 aromatic heterocycles. The van der Waals surface area contributed by atoms with Gasteiger partial charge in [-0.15, -0.1) is 0 Å². The largest absolute Gasteiger partial charge is 0.478 e. The highest BCUT2D eigenvalue weighted by Gasteiger charge is 2.04. The molecule has 0 spiro atoms. The van der Waals surface area contributed by atoms with E-state index >= 15 is 0 Å². The van der Waals surface area contributed by atoms with E-state index in [-0.39, 0.29) is 12.2 Å². The van der Waals surface area contributed by atoms with Gasteiger partial charge in [-0.2, -0.15) is 0 Å². The van der Waals surface area contributed by atoms with Crippen LogP contribution in [0.2, 0.25) is 0 Å². The lowest BCUT2D eigenvalue weighted by Crippen LogP contribution is -2.16. The normalized spacial score (nSPS) is 10.6. The fourth-order valence-corrected chi connectivity index (χ4v) is 0.805. The van der Waals surface area contributed by atoms with Crippen LogP contribution in [0.3, 0.4) is 0 Å². The van der Waals surface area contributed by atoms with E-state index in [0.29, 0.717) is 12.8 Å². The Labute approximate surface area is 108 Å². The Morgan fingerprint density at radius 3 is 2.22 bits per heavy atom. The molecule has 0 rings (SSSR count).